The molecule has 0 radical (unpaired) electrons. The second kappa shape index (κ2) is 9.07. The number of fused-ring (bicyclic) bond motifs is 1. The van der Waals surface area contributed by atoms with Crippen LogP contribution in [-0.4, -0.2) is 57.7 Å². The number of aliphatic hydroxyl groups is 1. The Hall–Kier alpha value is -1.89. The highest BCUT2D eigenvalue weighted by atomic mass is 32.2. The van der Waals surface area contributed by atoms with Gasteiger partial charge in [-0.2, -0.15) is 8.42 Å². The molecule has 2 heterocycles. The van der Waals surface area contributed by atoms with Gasteiger partial charge in [0.1, 0.15) is 6.33 Å². The van der Waals surface area contributed by atoms with Crippen molar-refractivity contribution in [1.82, 2.24) is 25.0 Å². The first-order valence-electron chi connectivity index (χ1n) is 9.54. The van der Waals surface area contributed by atoms with Crippen LogP contribution in [0.3, 0.4) is 0 Å². The molecule has 0 bridgehead atoms. The molecule has 12 heteroatoms. The SMILES string of the molecule is CCCCCCNc1ncnc2c1nnn2C1CC(O)C(COS(N)(=O)=O)C1. The van der Waals surface area contributed by atoms with E-state index in [1.165, 1.54) is 19.2 Å². The van der Waals surface area contributed by atoms with Gasteiger partial charge in [-0.25, -0.2) is 19.8 Å². The predicted molar refractivity (Wildman–Crippen MR) is 103 cm³/mol. The van der Waals surface area contributed by atoms with E-state index in [-0.39, 0.29) is 18.6 Å². The fourth-order valence-corrected chi connectivity index (χ4v) is 3.90. The van der Waals surface area contributed by atoms with Gasteiger partial charge in [0.15, 0.2) is 17.0 Å². The van der Waals surface area contributed by atoms with Crippen LogP contribution in [0.25, 0.3) is 11.2 Å². The maximum Gasteiger partial charge on any atom is 0.333 e. The molecule has 28 heavy (non-hydrogen) atoms. The highest BCUT2D eigenvalue weighted by molar-refractivity contribution is 7.84. The lowest BCUT2D eigenvalue weighted by atomic mass is 10.1. The molecule has 1 aliphatic carbocycles. The summed E-state index contributed by atoms with van der Waals surface area (Å²) in [6, 6.07) is -0.165. The van der Waals surface area contributed by atoms with Crippen molar-refractivity contribution in [2.45, 2.75) is 57.6 Å². The van der Waals surface area contributed by atoms with E-state index in [0.29, 0.717) is 29.8 Å². The van der Waals surface area contributed by atoms with Crippen LogP contribution in [0, 0.1) is 5.92 Å². The summed E-state index contributed by atoms with van der Waals surface area (Å²) in [6.07, 6.45) is 6.23. The molecule has 0 saturated heterocycles. The zero-order valence-corrected chi connectivity index (χ0v) is 16.7. The Labute approximate surface area is 163 Å². The first kappa shape index (κ1) is 20.8. The van der Waals surface area contributed by atoms with Crippen LogP contribution in [0.15, 0.2) is 6.33 Å². The molecule has 0 aliphatic heterocycles. The molecule has 4 N–H and O–H groups in total. The molecule has 3 rings (SSSR count). The normalized spacial score (nSPS) is 22.8. The average Bonchev–Trinajstić information content (AvgIpc) is 3.23. The minimum atomic E-state index is -4.04. The maximum atomic E-state index is 11.0. The molecule has 2 aromatic heterocycles. The van der Waals surface area contributed by atoms with Crippen molar-refractivity contribution in [3.05, 3.63) is 6.33 Å². The highest BCUT2D eigenvalue weighted by Crippen LogP contribution is 2.36. The van der Waals surface area contributed by atoms with Crippen molar-refractivity contribution in [3.63, 3.8) is 0 Å². The molecule has 1 saturated carbocycles. The Morgan fingerprint density at radius 1 is 1.32 bits per heavy atom. The Kier molecular flexibility index (Phi) is 6.75. The van der Waals surface area contributed by atoms with Crippen LogP contribution in [0.4, 0.5) is 5.82 Å². The topological polar surface area (TPSA) is 158 Å². The minimum absolute atomic E-state index is 0.164. The molecule has 1 fully saturated rings. The van der Waals surface area contributed by atoms with E-state index < -0.39 is 16.4 Å². The van der Waals surface area contributed by atoms with E-state index in [1.54, 1.807) is 4.68 Å². The van der Waals surface area contributed by atoms with Gasteiger partial charge in [0, 0.05) is 12.5 Å². The van der Waals surface area contributed by atoms with Gasteiger partial charge in [-0.05, 0) is 19.3 Å². The third kappa shape index (κ3) is 5.13. The highest BCUT2D eigenvalue weighted by Gasteiger charge is 2.36. The lowest BCUT2D eigenvalue weighted by molar-refractivity contribution is 0.100. The number of rotatable bonds is 10. The summed E-state index contributed by atoms with van der Waals surface area (Å²) >= 11 is 0. The molecule has 11 nitrogen and oxygen atoms in total. The first-order chi connectivity index (χ1) is 13.4. The number of hydrogen-bond donors (Lipinski definition) is 3. The smallest absolute Gasteiger partial charge is 0.333 e. The van der Waals surface area contributed by atoms with E-state index in [0.717, 1.165) is 19.4 Å². The number of anilines is 1. The number of aromatic nitrogens is 5. The largest absolute Gasteiger partial charge is 0.393 e. The van der Waals surface area contributed by atoms with Crippen LogP contribution < -0.4 is 10.5 Å². The Morgan fingerprint density at radius 3 is 2.89 bits per heavy atom. The van der Waals surface area contributed by atoms with Crippen molar-refractivity contribution in [1.29, 1.82) is 0 Å². The van der Waals surface area contributed by atoms with Gasteiger partial charge in [0.05, 0.1) is 18.8 Å². The summed E-state index contributed by atoms with van der Waals surface area (Å²) < 4.78 is 28.3. The Balaban J connectivity index is 1.68. The van der Waals surface area contributed by atoms with Gasteiger partial charge in [-0.1, -0.05) is 31.4 Å². The van der Waals surface area contributed by atoms with Crippen molar-refractivity contribution in [2.24, 2.45) is 11.1 Å². The maximum absolute atomic E-state index is 11.0. The van der Waals surface area contributed by atoms with Gasteiger partial charge in [0.2, 0.25) is 0 Å². The Morgan fingerprint density at radius 2 is 2.14 bits per heavy atom. The zero-order valence-electron chi connectivity index (χ0n) is 15.9. The minimum Gasteiger partial charge on any atom is -0.393 e. The van der Waals surface area contributed by atoms with E-state index >= 15 is 0 Å². The lowest BCUT2D eigenvalue weighted by Crippen LogP contribution is -2.24. The van der Waals surface area contributed by atoms with E-state index in [9.17, 15) is 13.5 Å². The second-order valence-electron chi connectivity index (χ2n) is 7.15. The van der Waals surface area contributed by atoms with Gasteiger partial charge >= 0.3 is 10.3 Å². The first-order valence-corrected chi connectivity index (χ1v) is 11.0. The third-order valence-electron chi connectivity index (χ3n) is 5.01. The van der Waals surface area contributed by atoms with Crippen LogP contribution in [0.5, 0.6) is 0 Å². The molecule has 156 valence electrons. The molecule has 2 aromatic rings. The summed E-state index contributed by atoms with van der Waals surface area (Å²) in [5, 5.41) is 26.8. The van der Waals surface area contributed by atoms with Crippen LogP contribution >= 0.6 is 0 Å². The van der Waals surface area contributed by atoms with Gasteiger partial charge in [-0.3, -0.25) is 4.18 Å². The van der Waals surface area contributed by atoms with Gasteiger partial charge < -0.3 is 10.4 Å². The molecule has 0 spiro atoms. The molecular formula is C16H27N7O4S. The summed E-state index contributed by atoms with van der Waals surface area (Å²) in [6.45, 7) is 2.81. The molecule has 1 aliphatic rings. The van der Waals surface area contributed by atoms with E-state index in [1.807, 2.05) is 0 Å². The fraction of sp³-hybridized carbons (Fsp3) is 0.750. The number of hydrogen-bond acceptors (Lipinski definition) is 9. The second-order valence-corrected chi connectivity index (χ2v) is 8.37. The molecule has 0 aromatic carbocycles. The lowest BCUT2D eigenvalue weighted by Gasteiger charge is -2.12. The summed E-state index contributed by atoms with van der Waals surface area (Å²) in [4.78, 5) is 8.56. The molecule has 0 amide bonds. The molecular weight excluding hydrogens is 386 g/mol. The number of nitrogens with two attached hydrogens (primary N) is 1. The Bertz CT molecular complexity index is 888. The van der Waals surface area contributed by atoms with E-state index in [4.69, 9.17) is 5.14 Å². The zero-order chi connectivity index (χ0) is 20.1. The number of nitrogens with one attached hydrogen (secondary N) is 1. The summed E-state index contributed by atoms with van der Waals surface area (Å²) in [5.74, 6) is 0.279. The van der Waals surface area contributed by atoms with Crippen LogP contribution in [0.2, 0.25) is 0 Å². The van der Waals surface area contributed by atoms with Crippen molar-refractivity contribution in [3.8, 4) is 0 Å². The van der Waals surface area contributed by atoms with E-state index in [2.05, 4.69) is 36.7 Å². The molecule has 3 unspecified atom stereocenters. The number of nitrogens with zero attached hydrogens (tertiary/aromatic N) is 5. The monoisotopic (exact) mass is 413 g/mol. The van der Waals surface area contributed by atoms with Crippen LogP contribution in [0.1, 0.15) is 51.5 Å². The summed E-state index contributed by atoms with van der Waals surface area (Å²) in [5.41, 5.74) is 1.16. The number of unbranched alkanes of at least 4 members (excludes halogenated alkanes) is 3. The average molecular weight is 414 g/mol. The predicted octanol–water partition coefficient (Wildman–Crippen LogP) is 0.746. The van der Waals surface area contributed by atoms with Gasteiger partial charge in [0.25, 0.3) is 0 Å². The standard InChI is InChI=1S/C16H27N7O4S/c1-2-3-4-5-6-18-15-14-16(20-10-19-15)23(22-21-14)12-7-11(13(24)8-12)9-27-28(17,25)26/h10-13,24H,2-9H2,1H3,(H2,17,25,26)(H,18,19,20). The van der Waals surface area contributed by atoms with Crippen LogP contribution in [-0.2, 0) is 14.5 Å². The van der Waals surface area contributed by atoms with Crippen molar-refractivity contribution < 1.29 is 17.7 Å². The summed E-state index contributed by atoms with van der Waals surface area (Å²) in [7, 11) is -4.04. The number of aliphatic hydroxyl groups excluding tert-OH is 1. The fourth-order valence-electron chi connectivity index (χ4n) is 3.53. The molecule has 3 atom stereocenters. The third-order valence-corrected chi connectivity index (χ3v) is 5.47. The van der Waals surface area contributed by atoms with Crippen molar-refractivity contribution >= 4 is 27.3 Å². The quantitative estimate of drug-likeness (QED) is 0.478. The van der Waals surface area contributed by atoms with Gasteiger partial charge in [-0.15, -0.1) is 5.10 Å². The van der Waals surface area contributed by atoms with Crippen molar-refractivity contribution in [2.75, 3.05) is 18.5 Å².